The highest BCUT2D eigenvalue weighted by atomic mass is 19.1. The van der Waals surface area contributed by atoms with E-state index in [-0.39, 0.29) is 17.7 Å². The summed E-state index contributed by atoms with van der Waals surface area (Å²) in [6.07, 6.45) is 7.55. The Morgan fingerprint density at radius 2 is 1.94 bits per heavy atom. The van der Waals surface area contributed by atoms with Crippen LogP contribution in [0, 0.1) is 5.82 Å². The Bertz CT molecular complexity index is 1170. The molecule has 0 bridgehead atoms. The van der Waals surface area contributed by atoms with E-state index in [2.05, 4.69) is 23.5 Å². The van der Waals surface area contributed by atoms with E-state index in [4.69, 9.17) is 4.74 Å². The van der Waals surface area contributed by atoms with Crippen LogP contribution in [0.3, 0.4) is 0 Å². The molecule has 3 aromatic rings. The third-order valence-corrected chi connectivity index (χ3v) is 6.73. The van der Waals surface area contributed by atoms with Crippen molar-refractivity contribution < 1.29 is 13.9 Å². The zero-order valence-corrected chi connectivity index (χ0v) is 19.1. The molecule has 5 rings (SSSR count). The molecule has 3 heterocycles. The van der Waals surface area contributed by atoms with Crippen LogP contribution in [0.4, 0.5) is 10.1 Å². The van der Waals surface area contributed by atoms with Crippen molar-refractivity contribution >= 4 is 11.6 Å². The fraction of sp³-hybridized carbons (Fsp3) is 0.385. The molecule has 1 unspecified atom stereocenters. The Balaban J connectivity index is 1.61. The summed E-state index contributed by atoms with van der Waals surface area (Å²) in [7, 11) is 0. The molecular weight excluding hydrogens is 419 g/mol. The summed E-state index contributed by atoms with van der Waals surface area (Å²) >= 11 is 0. The number of hydrogen-bond donors (Lipinski definition) is 1. The van der Waals surface area contributed by atoms with Crippen molar-refractivity contribution in [2.24, 2.45) is 0 Å². The van der Waals surface area contributed by atoms with E-state index in [1.807, 2.05) is 27.9 Å². The van der Waals surface area contributed by atoms with Gasteiger partial charge in [0, 0.05) is 35.9 Å². The van der Waals surface area contributed by atoms with Gasteiger partial charge in [0.05, 0.1) is 17.9 Å². The minimum Gasteiger partial charge on any atom is -0.453 e. The number of para-hydroxylation sites is 1. The van der Waals surface area contributed by atoms with E-state index in [1.54, 1.807) is 25.1 Å². The highest BCUT2D eigenvalue weighted by Crippen LogP contribution is 2.45. The zero-order valence-electron chi connectivity index (χ0n) is 19.1. The molecule has 0 spiro atoms. The largest absolute Gasteiger partial charge is 0.453 e. The van der Waals surface area contributed by atoms with Crippen LogP contribution in [-0.2, 0) is 11.2 Å². The fourth-order valence-electron chi connectivity index (χ4n) is 5.01. The van der Waals surface area contributed by atoms with E-state index in [0.29, 0.717) is 11.8 Å². The second kappa shape index (κ2) is 8.98. The number of nitrogens with one attached hydrogen (secondary N) is 1. The topological polar surface area (TPSA) is 59.4 Å². The fourth-order valence-corrected chi connectivity index (χ4v) is 5.01. The number of carbonyl (C=O) groups excluding carboxylic acids is 1. The summed E-state index contributed by atoms with van der Waals surface area (Å²) in [5.41, 5.74) is 3.55. The average Bonchev–Trinajstić information content (AvgIpc) is 3.31. The number of ether oxygens (including phenoxy) is 1. The minimum absolute atomic E-state index is 0.00762. The molecule has 1 fully saturated rings. The zero-order chi connectivity index (χ0) is 22.9. The van der Waals surface area contributed by atoms with Gasteiger partial charge < -0.3 is 15.0 Å². The summed E-state index contributed by atoms with van der Waals surface area (Å²) in [4.78, 5) is 14.3. The molecule has 172 valence electrons. The van der Waals surface area contributed by atoms with E-state index in [0.717, 1.165) is 61.2 Å². The van der Waals surface area contributed by atoms with Crippen LogP contribution in [0.1, 0.15) is 44.7 Å². The lowest BCUT2D eigenvalue weighted by Gasteiger charge is -2.36. The number of fused-ring (bicyclic) bond motifs is 1. The van der Waals surface area contributed by atoms with Gasteiger partial charge in [0.15, 0.2) is 11.6 Å². The molecule has 7 heteroatoms. The molecule has 1 amide bonds. The molecule has 2 aliphatic heterocycles. The lowest BCUT2D eigenvalue weighted by atomic mass is 9.92. The quantitative estimate of drug-likeness (QED) is 0.604. The predicted octanol–water partition coefficient (Wildman–Crippen LogP) is 5.09. The summed E-state index contributed by atoms with van der Waals surface area (Å²) < 4.78 is 22.8. The Morgan fingerprint density at radius 1 is 1.15 bits per heavy atom. The molecule has 2 aliphatic rings. The van der Waals surface area contributed by atoms with Gasteiger partial charge in [0.1, 0.15) is 5.75 Å². The molecule has 1 saturated heterocycles. The van der Waals surface area contributed by atoms with Gasteiger partial charge in [-0.05, 0) is 70.0 Å². The van der Waals surface area contributed by atoms with Gasteiger partial charge in [-0.1, -0.05) is 12.1 Å². The molecule has 0 aliphatic carbocycles. The third kappa shape index (κ3) is 4.13. The van der Waals surface area contributed by atoms with Crippen LogP contribution in [0.15, 0.2) is 48.8 Å². The lowest BCUT2D eigenvalue weighted by molar-refractivity contribution is -0.117. The number of aromatic nitrogens is 2. The van der Waals surface area contributed by atoms with Crippen LogP contribution in [0.5, 0.6) is 11.5 Å². The van der Waals surface area contributed by atoms with Crippen LogP contribution in [-0.4, -0.2) is 34.8 Å². The van der Waals surface area contributed by atoms with Crippen molar-refractivity contribution in [2.45, 2.75) is 51.6 Å². The monoisotopic (exact) mass is 448 g/mol. The van der Waals surface area contributed by atoms with Crippen LogP contribution in [0.2, 0.25) is 0 Å². The van der Waals surface area contributed by atoms with Gasteiger partial charge in [-0.25, -0.2) is 4.39 Å². The van der Waals surface area contributed by atoms with Crippen molar-refractivity contribution in [3.63, 3.8) is 0 Å². The lowest BCUT2D eigenvalue weighted by Crippen LogP contribution is -2.40. The molecule has 33 heavy (non-hydrogen) atoms. The number of rotatable bonds is 4. The van der Waals surface area contributed by atoms with Gasteiger partial charge in [-0.3, -0.25) is 9.48 Å². The molecular formula is C26H29FN4O2. The number of anilines is 1. The first-order valence-corrected chi connectivity index (χ1v) is 11.7. The van der Waals surface area contributed by atoms with E-state index in [1.165, 1.54) is 6.07 Å². The summed E-state index contributed by atoms with van der Waals surface area (Å²) in [5, 5.41) is 8.03. The molecule has 1 atom stereocenters. The Hall–Kier alpha value is -3.19. The van der Waals surface area contributed by atoms with E-state index >= 15 is 0 Å². The van der Waals surface area contributed by atoms with Gasteiger partial charge in [-0.15, -0.1) is 0 Å². The summed E-state index contributed by atoms with van der Waals surface area (Å²) in [6, 6.07) is 10.8. The molecule has 0 radical (unpaired) electrons. The molecule has 1 aromatic heterocycles. The highest BCUT2D eigenvalue weighted by molar-refractivity contribution is 5.95. The number of piperidine rings is 1. The molecule has 0 saturated carbocycles. The standard InChI is InChI=1S/C26H29FN4O2/c1-17-7-8-22-24(31(17)18(2)32)10-9-21(26(22)33-25-6-4-3-5-23(25)27)19-15-29-30(16-19)20-11-13-28-14-12-20/h3-6,9-10,15-17,20,28H,7-8,11-14H2,1-2H3. The van der Waals surface area contributed by atoms with Gasteiger partial charge >= 0.3 is 0 Å². The Labute approximate surface area is 193 Å². The Kier molecular flexibility index (Phi) is 5.89. The predicted molar refractivity (Wildman–Crippen MR) is 126 cm³/mol. The number of benzene rings is 2. The molecule has 2 aromatic carbocycles. The first kappa shape index (κ1) is 21.6. The van der Waals surface area contributed by atoms with Crippen LogP contribution >= 0.6 is 0 Å². The maximum atomic E-state index is 14.5. The smallest absolute Gasteiger partial charge is 0.224 e. The first-order chi connectivity index (χ1) is 16.0. The molecule has 1 N–H and O–H groups in total. The first-order valence-electron chi connectivity index (χ1n) is 11.7. The highest BCUT2D eigenvalue weighted by Gasteiger charge is 2.30. The van der Waals surface area contributed by atoms with Crippen molar-refractivity contribution in [1.29, 1.82) is 0 Å². The van der Waals surface area contributed by atoms with Gasteiger partial charge in [-0.2, -0.15) is 5.10 Å². The van der Waals surface area contributed by atoms with Gasteiger partial charge in [0.2, 0.25) is 5.91 Å². The SMILES string of the molecule is CC(=O)N1c2ccc(-c3cnn(C4CCNCC4)c3)c(Oc3ccccc3F)c2CCC1C. The second-order valence-electron chi connectivity index (χ2n) is 8.94. The summed E-state index contributed by atoms with van der Waals surface area (Å²) in [6.45, 7) is 5.61. The molecule has 6 nitrogen and oxygen atoms in total. The van der Waals surface area contributed by atoms with Crippen molar-refractivity contribution in [1.82, 2.24) is 15.1 Å². The maximum absolute atomic E-state index is 14.5. The average molecular weight is 449 g/mol. The number of nitrogens with zero attached hydrogens (tertiary/aromatic N) is 3. The van der Waals surface area contributed by atoms with Crippen LogP contribution in [0.25, 0.3) is 11.1 Å². The maximum Gasteiger partial charge on any atom is 0.224 e. The normalized spacial score (nSPS) is 18.8. The second-order valence-corrected chi connectivity index (χ2v) is 8.94. The number of hydrogen-bond acceptors (Lipinski definition) is 4. The number of carbonyl (C=O) groups is 1. The van der Waals surface area contributed by atoms with E-state index < -0.39 is 5.82 Å². The van der Waals surface area contributed by atoms with Gasteiger partial charge in [0.25, 0.3) is 0 Å². The number of amides is 1. The number of halogens is 1. The van der Waals surface area contributed by atoms with Crippen LogP contribution < -0.4 is 15.0 Å². The Morgan fingerprint density at radius 3 is 2.70 bits per heavy atom. The van der Waals surface area contributed by atoms with Crippen molar-refractivity contribution in [2.75, 3.05) is 18.0 Å². The van der Waals surface area contributed by atoms with Crippen molar-refractivity contribution in [3.05, 3.63) is 60.2 Å². The summed E-state index contributed by atoms with van der Waals surface area (Å²) in [5.74, 6) is 0.345. The van der Waals surface area contributed by atoms with Crippen molar-refractivity contribution in [3.8, 4) is 22.6 Å². The minimum atomic E-state index is -0.418. The third-order valence-electron chi connectivity index (χ3n) is 6.73. The van der Waals surface area contributed by atoms with E-state index in [9.17, 15) is 9.18 Å².